The van der Waals surface area contributed by atoms with Gasteiger partial charge in [-0.3, -0.25) is 9.69 Å². The molecule has 21 heavy (non-hydrogen) atoms. The number of carbonyl (C=O) groups excluding carboxylic acids is 1. The summed E-state index contributed by atoms with van der Waals surface area (Å²) in [5.41, 5.74) is 6.26. The van der Waals surface area contributed by atoms with Gasteiger partial charge >= 0.3 is 0 Å². The molecule has 0 aromatic carbocycles. The molecular weight excluding hydrogens is 286 g/mol. The summed E-state index contributed by atoms with van der Waals surface area (Å²) in [6, 6.07) is 0.786. The van der Waals surface area contributed by atoms with E-state index in [-0.39, 0.29) is 24.4 Å². The quantitative estimate of drug-likeness (QED) is 0.836. The lowest BCUT2D eigenvalue weighted by Crippen LogP contribution is -2.47. The summed E-state index contributed by atoms with van der Waals surface area (Å²) in [5.74, 6) is 1.56. The maximum Gasteiger partial charge on any atom is 0.237 e. The van der Waals surface area contributed by atoms with Gasteiger partial charge in [-0.1, -0.05) is 19.3 Å². The second-order valence-corrected chi connectivity index (χ2v) is 7.14. The van der Waals surface area contributed by atoms with Gasteiger partial charge in [0.05, 0.1) is 6.04 Å². The molecule has 2 aliphatic carbocycles. The fourth-order valence-electron chi connectivity index (χ4n) is 4.43. The molecule has 0 aromatic rings. The molecule has 0 spiro atoms. The van der Waals surface area contributed by atoms with Crippen LogP contribution < -0.4 is 11.1 Å². The van der Waals surface area contributed by atoms with E-state index in [1.54, 1.807) is 0 Å². The van der Waals surface area contributed by atoms with Gasteiger partial charge in [0.2, 0.25) is 5.91 Å². The lowest BCUT2D eigenvalue weighted by molar-refractivity contribution is -0.126. The monoisotopic (exact) mass is 315 g/mol. The van der Waals surface area contributed by atoms with E-state index in [9.17, 15) is 4.79 Å². The molecule has 4 unspecified atom stereocenters. The van der Waals surface area contributed by atoms with E-state index in [0.29, 0.717) is 18.0 Å². The van der Waals surface area contributed by atoms with Crippen LogP contribution >= 0.6 is 12.4 Å². The molecule has 5 heteroatoms. The molecule has 122 valence electrons. The summed E-state index contributed by atoms with van der Waals surface area (Å²) in [4.78, 5) is 14.8. The normalized spacial score (nSPS) is 35.0. The highest BCUT2D eigenvalue weighted by molar-refractivity contribution is 5.85. The number of amides is 1. The lowest BCUT2D eigenvalue weighted by Gasteiger charge is -2.30. The zero-order chi connectivity index (χ0) is 14.1. The number of carbonyl (C=O) groups is 1. The average molecular weight is 316 g/mol. The zero-order valence-electron chi connectivity index (χ0n) is 13.1. The number of nitrogens with zero attached hydrogens (tertiary/aromatic N) is 1. The van der Waals surface area contributed by atoms with Crippen molar-refractivity contribution in [2.75, 3.05) is 13.1 Å². The summed E-state index contributed by atoms with van der Waals surface area (Å²) in [5, 5.41) is 3.24. The van der Waals surface area contributed by atoms with Crippen LogP contribution in [0.25, 0.3) is 0 Å². The molecular formula is C16H30ClN3O. The van der Waals surface area contributed by atoms with Gasteiger partial charge in [0, 0.05) is 25.2 Å². The standard InChI is InChI=1S/C16H29N3O.ClH/c1-11(16(20)18-13-6-2-3-7-13)19-9-12-5-4-8-15(17)14(12)10-19;/h11-15H,2-10,17H2,1H3,(H,18,20);1H. The summed E-state index contributed by atoms with van der Waals surface area (Å²) < 4.78 is 0. The Kier molecular flexibility index (Phi) is 5.92. The van der Waals surface area contributed by atoms with E-state index >= 15 is 0 Å². The number of nitrogens with two attached hydrogens (primary N) is 1. The third-order valence-electron chi connectivity index (χ3n) is 5.81. The Morgan fingerprint density at radius 1 is 1.14 bits per heavy atom. The molecule has 4 nitrogen and oxygen atoms in total. The first-order chi connectivity index (χ1) is 9.65. The molecule has 3 rings (SSSR count). The minimum absolute atomic E-state index is 0. The third-order valence-corrected chi connectivity index (χ3v) is 5.81. The molecule has 1 amide bonds. The Hall–Kier alpha value is -0.320. The molecule has 3 aliphatic rings. The first-order valence-electron chi connectivity index (χ1n) is 8.45. The molecule has 1 aliphatic heterocycles. The van der Waals surface area contributed by atoms with Crippen molar-refractivity contribution in [1.82, 2.24) is 10.2 Å². The fraction of sp³-hybridized carbons (Fsp3) is 0.938. The van der Waals surface area contributed by atoms with Crippen LogP contribution in [0.4, 0.5) is 0 Å². The van der Waals surface area contributed by atoms with Crippen LogP contribution in [0.1, 0.15) is 51.9 Å². The van der Waals surface area contributed by atoms with Crippen molar-refractivity contribution >= 4 is 18.3 Å². The number of halogens is 1. The minimum atomic E-state index is 0. The molecule has 0 aromatic heterocycles. The van der Waals surface area contributed by atoms with Gasteiger partial charge in [-0.15, -0.1) is 12.4 Å². The number of fused-ring (bicyclic) bond motifs is 1. The number of likely N-dealkylation sites (tertiary alicyclic amines) is 1. The molecule has 3 fully saturated rings. The van der Waals surface area contributed by atoms with Crippen molar-refractivity contribution in [2.45, 2.75) is 70.0 Å². The van der Waals surface area contributed by atoms with Gasteiger partial charge in [0.25, 0.3) is 0 Å². The second-order valence-electron chi connectivity index (χ2n) is 7.14. The van der Waals surface area contributed by atoms with Crippen molar-refractivity contribution in [3.63, 3.8) is 0 Å². The number of nitrogens with one attached hydrogen (secondary N) is 1. The largest absolute Gasteiger partial charge is 0.352 e. The van der Waals surface area contributed by atoms with Crippen LogP contribution in [-0.4, -0.2) is 42.0 Å². The van der Waals surface area contributed by atoms with E-state index in [2.05, 4.69) is 17.1 Å². The van der Waals surface area contributed by atoms with Gasteiger partial charge in [-0.25, -0.2) is 0 Å². The molecule has 0 bridgehead atoms. The maximum absolute atomic E-state index is 12.4. The van der Waals surface area contributed by atoms with E-state index in [4.69, 9.17) is 5.73 Å². The number of hydrogen-bond acceptors (Lipinski definition) is 3. The van der Waals surface area contributed by atoms with E-state index in [0.717, 1.165) is 38.3 Å². The van der Waals surface area contributed by atoms with E-state index in [1.165, 1.54) is 25.7 Å². The smallest absolute Gasteiger partial charge is 0.237 e. The van der Waals surface area contributed by atoms with Gasteiger partial charge < -0.3 is 11.1 Å². The van der Waals surface area contributed by atoms with Gasteiger partial charge in [0.1, 0.15) is 0 Å². The van der Waals surface area contributed by atoms with Crippen molar-refractivity contribution < 1.29 is 4.79 Å². The van der Waals surface area contributed by atoms with Crippen LogP contribution in [0.3, 0.4) is 0 Å². The molecule has 4 atom stereocenters. The minimum Gasteiger partial charge on any atom is -0.352 e. The highest BCUT2D eigenvalue weighted by Crippen LogP contribution is 2.36. The third kappa shape index (κ3) is 3.72. The van der Waals surface area contributed by atoms with E-state index in [1.807, 2.05) is 0 Å². The fourth-order valence-corrected chi connectivity index (χ4v) is 4.43. The highest BCUT2D eigenvalue weighted by atomic mass is 35.5. The van der Waals surface area contributed by atoms with E-state index < -0.39 is 0 Å². The Labute approximate surface area is 134 Å². The maximum atomic E-state index is 12.4. The van der Waals surface area contributed by atoms with Crippen LogP contribution in [0.5, 0.6) is 0 Å². The second kappa shape index (κ2) is 7.30. The highest BCUT2D eigenvalue weighted by Gasteiger charge is 2.41. The molecule has 2 saturated carbocycles. The molecule has 0 radical (unpaired) electrons. The Morgan fingerprint density at radius 3 is 2.52 bits per heavy atom. The predicted octanol–water partition coefficient (Wildman–Crippen LogP) is 1.91. The first kappa shape index (κ1) is 17.0. The predicted molar refractivity (Wildman–Crippen MR) is 87.5 cm³/mol. The topological polar surface area (TPSA) is 58.4 Å². The van der Waals surface area contributed by atoms with Gasteiger partial charge in [-0.05, 0) is 44.4 Å². The Bertz CT molecular complexity index is 359. The van der Waals surface area contributed by atoms with Crippen LogP contribution in [0.15, 0.2) is 0 Å². The Balaban J connectivity index is 0.00000161. The summed E-state index contributed by atoms with van der Waals surface area (Å²) in [7, 11) is 0. The van der Waals surface area contributed by atoms with Crippen LogP contribution in [-0.2, 0) is 4.79 Å². The van der Waals surface area contributed by atoms with Gasteiger partial charge in [0.15, 0.2) is 0 Å². The van der Waals surface area contributed by atoms with Crippen LogP contribution in [0.2, 0.25) is 0 Å². The zero-order valence-corrected chi connectivity index (χ0v) is 13.9. The Morgan fingerprint density at radius 2 is 1.86 bits per heavy atom. The van der Waals surface area contributed by atoms with Gasteiger partial charge in [-0.2, -0.15) is 0 Å². The number of hydrogen-bond donors (Lipinski definition) is 2. The SMILES string of the molecule is CC(C(=O)NC1CCCC1)N1CC2CCCC(N)C2C1.Cl. The van der Waals surface area contributed by atoms with Crippen molar-refractivity contribution in [1.29, 1.82) is 0 Å². The first-order valence-corrected chi connectivity index (χ1v) is 8.45. The average Bonchev–Trinajstić information content (AvgIpc) is 3.07. The molecule has 3 N–H and O–H groups in total. The lowest BCUT2D eigenvalue weighted by atomic mass is 9.78. The van der Waals surface area contributed by atoms with Crippen molar-refractivity contribution in [2.24, 2.45) is 17.6 Å². The van der Waals surface area contributed by atoms with Crippen molar-refractivity contribution in [3.8, 4) is 0 Å². The molecule has 1 heterocycles. The number of rotatable bonds is 3. The summed E-state index contributed by atoms with van der Waals surface area (Å²) in [6.07, 6.45) is 8.58. The molecule has 1 saturated heterocycles. The summed E-state index contributed by atoms with van der Waals surface area (Å²) >= 11 is 0. The van der Waals surface area contributed by atoms with Crippen LogP contribution in [0, 0.1) is 11.8 Å². The van der Waals surface area contributed by atoms with Crippen molar-refractivity contribution in [3.05, 3.63) is 0 Å². The summed E-state index contributed by atoms with van der Waals surface area (Å²) in [6.45, 7) is 4.15.